The van der Waals surface area contributed by atoms with Gasteiger partial charge in [0.2, 0.25) is 11.8 Å². The second kappa shape index (κ2) is 11.2. The second-order valence-electron chi connectivity index (χ2n) is 7.60. The molecule has 162 valence electrons. The van der Waals surface area contributed by atoms with E-state index in [0.29, 0.717) is 19.6 Å². The average Bonchev–Trinajstić information content (AvgIpc) is 3.27. The topological polar surface area (TPSA) is 55.9 Å². The largest absolute Gasteiger partial charge is 0.337 e. The van der Waals surface area contributed by atoms with E-state index in [0.717, 1.165) is 50.4 Å². The summed E-state index contributed by atoms with van der Waals surface area (Å²) in [6, 6.07) is 12.0. The minimum Gasteiger partial charge on any atom is -0.337 e. The molecule has 3 rings (SSSR count). The summed E-state index contributed by atoms with van der Waals surface area (Å²) in [6.45, 7) is 9.57. The van der Waals surface area contributed by atoms with Crippen molar-refractivity contribution < 1.29 is 9.59 Å². The molecule has 7 heteroatoms. The molecule has 1 aromatic carbocycles. The summed E-state index contributed by atoms with van der Waals surface area (Å²) in [7, 11) is 0. The molecular formula is C23H32N4O2S. The van der Waals surface area contributed by atoms with Crippen LogP contribution in [-0.4, -0.2) is 72.3 Å². The number of anilines is 1. The number of amides is 2. The first-order valence-electron chi connectivity index (χ1n) is 10.7. The number of thiophene rings is 1. The monoisotopic (exact) mass is 428 g/mol. The number of nitrogens with zero attached hydrogens (tertiary/aromatic N) is 3. The average molecular weight is 429 g/mol. The van der Waals surface area contributed by atoms with Crippen molar-refractivity contribution in [3.05, 3.63) is 52.2 Å². The molecule has 0 spiro atoms. The maximum atomic E-state index is 12.7. The number of hydrogen-bond donors (Lipinski definition) is 1. The molecule has 1 N–H and O–H groups in total. The van der Waals surface area contributed by atoms with Gasteiger partial charge in [0.25, 0.3) is 0 Å². The quantitative estimate of drug-likeness (QED) is 0.667. The van der Waals surface area contributed by atoms with E-state index >= 15 is 0 Å². The third-order valence-corrected chi connectivity index (χ3v) is 6.39. The molecule has 1 fully saturated rings. The van der Waals surface area contributed by atoms with E-state index in [1.807, 2.05) is 47.5 Å². The van der Waals surface area contributed by atoms with Crippen molar-refractivity contribution >= 4 is 28.8 Å². The van der Waals surface area contributed by atoms with Crippen molar-refractivity contribution in [1.29, 1.82) is 0 Å². The number of nitrogens with one attached hydrogen (secondary N) is 1. The van der Waals surface area contributed by atoms with E-state index in [1.165, 1.54) is 4.88 Å². The van der Waals surface area contributed by atoms with Crippen LogP contribution in [-0.2, 0) is 22.6 Å². The van der Waals surface area contributed by atoms with Gasteiger partial charge in [-0.3, -0.25) is 19.4 Å². The predicted octanol–water partition coefficient (Wildman–Crippen LogP) is 2.92. The van der Waals surface area contributed by atoms with Crippen molar-refractivity contribution in [1.82, 2.24) is 14.7 Å². The second-order valence-corrected chi connectivity index (χ2v) is 8.63. The molecular weight excluding hydrogens is 396 g/mol. The van der Waals surface area contributed by atoms with Crippen LogP contribution in [0.2, 0.25) is 0 Å². The van der Waals surface area contributed by atoms with Crippen LogP contribution in [0.1, 0.15) is 24.3 Å². The number of para-hydroxylation sites is 1. The van der Waals surface area contributed by atoms with Crippen molar-refractivity contribution in [2.45, 2.75) is 26.8 Å². The predicted molar refractivity (Wildman–Crippen MR) is 123 cm³/mol. The van der Waals surface area contributed by atoms with Gasteiger partial charge in [-0.05, 0) is 36.4 Å². The van der Waals surface area contributed by atoms with Gasteiger partial charge in [0, 0.05) is 43.3 Å². The van der Waals surface area contributed by atoms with E-state index in [-0.39, 0.29) is 11.8 Å². The summed E-state index contributed by atoms with van der Waals surface area (Å²) in [4.78, 5) is 32.6. The van der Waals surface area contributed by atoms with Crippen LogP contribution in [0, 0.1) is 0 Å². The summed E-state index contributed by atoms with van der Waals surface area (Å²) in [5, 5.41) is 5.09. The zero-order chi connectivity index (χ0) is 21.3. The lowest BCUT2D eigenvalue weighted by atomic mass is 10.1. The minimum absolute atomic E-state index is 0.0218. The Morgan fingerprint density at radius 3 is 2.33 bits per heavy atom. The standard InChI is InChI=1S/C23H32N4O2S/c1-3-19-8-5-6-10-21(19)24-22(28)17-25-11-13-26(14-12-25)18-23(29)27(4-2)16-20-9-7-15-30-20/h5-10,15H,3-4,11-14,16-18H2,1-2H3,(H,24,28). The van der Waals surface area contributed by atoms with Crippen molar-refractivity contribution in [2.75, 3.05) is 51.1 Å². The van der Waals surface area contributed by atoms with Gasteiger partial charge in [0.05, 0.1) is 19.6 Å². The molecule has 0 radical (unpaired) electrons. The molecule has 1 aliphatic heterocycles. The number of hydrogen-bond acceptors (Lipinski definition) is 5. The van der Waals surface area contributed by atoms with E-state index in [1.54, 1.807) is 11.3 Å². The third-order valence-electron chi connectivity index (χ3n) is 5.52. The molecule has 0 saturated carbocycles. The van der Waals surface area contributed by atoms with Gasteiger partial charge in [-0.15, -0.1) is 11.3 Å². The summed E-state index contributed by atoms with van der Waals surface area (Å²) in [5.41, 5.74) is 2.05. The number of carbonyl (C=O) groups excluding carboxylic acids is 2. The van der Waals surface area contributed by atoms with E-state index < -0.39 is 0 Å². The van der Waals surface area contributed by atoms with Crippen LogP contribution in [0.3, 0.4) is 0 Å². The Balaban J connectivity index is 1.42. The van der Waals surface area contributed by atoms with Crippen LogP contribution in [0.5, 0.6) is 0 Å². The zero-order valence-corrected chi connectivity index (χ0v) is 18.8. The smallest absolute Gasteiger partial charge is 0.238 e. The van der Waals surface area contributed by atoms with Gasteiger partial charge in [-0.2, -0.15) is 0 Å². The Morgan fingerprint density at radius 1 is 1.00 bits per heavy atom. The number of benzene rings is 1. The lowest BCUT2D eigenvalue weighted by Crippen LogP contribution is -2.51. The molecule has 1 aliphatic rings. The highest BCUT2D eigenvalue weighted by molar-refractivity contribution is 7.09. The molecule has 0 unspecified atom stereocenters. The Morgan fingerprint density at radius 2 is 1.70 bits per heavy atom. The van der Waals surface area contributed by atoms with Crippen LogP contribution >= 0.6 is 11.3 Å². The number of rotatable bonds is 9. The number of piperazine rings is 1. The normalized spacial score (nSPS) is 15.1. The first-order valence-corrected chi connectivity index (χ1v) is 11.6. The Bertz CT molecular complexity index is 816. The van der Waals surface area contributed by atoms with Crippen LogP contribution in [0.25, 0.3) is 0 Å². The highest BCUT2D eigenvalue weighted by Crippen LogP contribution is 2.16. The van der Waals surface area contributed by atoms with Crippen LogP contribution < -0.4 is 5.32 Å². The lowest BCUT2D eigenvalue weighted by Gasteiger charge is -2.35. The molecule has 2 amide bonds. The highest BCUT2D eigenvalue weighted by Gasteiger charge is 2.22. The van der Waals surface area contributed by atoms with E-state index in [9.17, 15) is 9.59 Å². The Hall–Kier alpha value is -2.22. The molecule has 6 nitrogen and oxygen atoms in total. The Labute approximate surface area is 183 Å². The zero-order valence-electron chi connectivity index (χ0n) is 18.0. The van der Waals surface area contributed by atoms with Crippen LogP contribution in [0.4, 0.5) is 5.69 Å². The fraction of sp³-hybridized carbons (Fsp3) is 0.478. The molecule has 0 aliphatic carbocycles. The summed E-state index contributed by atoms with van der Waals surface area (Å²) >= 11 is 1.69. The fourth-order valence-electron chi connectivity index (χ4n) is 3.71. The molecule has 0 atom stereocenters. The fourth-order valence-corrected chi connectivity index (χ4v) is 4.43. The molecule has 2 aromatic rings. The number of likely N-dealkylation sites (N-methyl/N-ethyl adjacent to an activating group) is 1. The summed E-state index contributed by atoms with van der Waals surface area (Å²) in [5.74, 6) is 0.196. The van der Waals surface area contributed by atoms with Gasteiger partial charge < -0.3 is 10.2 Å². The maximum absolute atomic E-state index is 12.7. The number of carbonyl (C=O) groups is 2. The third kappa shape index (κ3) is 6.39. The van der Waals surface area contributed by atoms with Gasteiger partial charge in [0.15, 0.2) is 0 Å². The van der Waals surface area contributed by atoms with Crippen LogP contribution in [0.15, 0.2) is 41.8 Å². The maximum Gasteiger partial charge on any atom is 0.238 e. The SMILES string of the molecule is CCc1ccccc1NC(=O)CN1CCN(CC(=O)N(CC)Cc2cccs2)CC1. The Kier molecular flexibility index (Phi) is 8.42. The first kappa shape index (κ1) is 22.5. The molecule has 30 heavy (non-hydrogen) atoms. The molecule has 1 saturated heterocycles. The summed E-state index contributed by atoms with van der Waals surface area (Å²) in [6.07, 6.45) is 0.893. The van der Waals surface area contributed by atoms with Gasteiger partial charge in [-0.1, -0.05) is 31.2 Å². The van der Waals surface area contributed by atoms with Gasteiger partial charge >= 0.3 is 0 Å². The molecule has 1 aromatic heterocycles. The first-order chi connectivity index (χ1) is 14.6. The van der Waals surface area contributed by atoms with Gasteiger partial charge in [0.1, 0.15) is 0 Å². The van der Waals surface area contributed by atoms with Crippen molar-refractivity contribution in [2.24, 2.45) is 0 Å². The molecule has 2 heterocycles. The van der Waals surface area contributed by atoms with Gasteiger partial charge in [-0.25, -0.2) is 0 Å². The number of aryl methyl sites for hydroxylation is 1. The highest BCUT2D eigenvalue weighted by atomic mass is 32.1. The van der Waals surface area contributed by atoms with E-state index in [4.69, 9.17) is 0 Å². The minimum atomic E-state index is 0.0218. The van der Waals surface area contributed by atoms with Crippen molar-refractivity contribution in [3.63, 3.8) is 0 Å². The molecule has 0 bridgehead atoms. The summed E-state index contributed by atoms with van der Waals surface area (Å²) < 4.78 is 0. The van der Waals surface area contributed by atoms with E-state index in [2.05, 4.69) is 28.1 Å². The lowest BCUT2D eigenvalue weighted by molar-refractivity contribution is -0.133. The van der Waals surface area contributed by atoms with Crippen molar-refractivity contribution in [3.8, 4) is 0 Å².